The van der Waals surface area contributed by atoms with Gasteiger partial charge in [0.25, 0.3) is 0 Å². The fourth-order valence-electron chi connectivity index (χ4n) is 0.783. The van der Waals surface area contributed by atoms with Crippen LogP contribution in [-0.2, 0) is 13.0 Å². The summed E-state index contributed by atoms with van der Waals surface area (Å²) in [4.78, 5) is 3.84. The number of hydrogen-bond acceptors (Lipinski definition) is 3. The van der Waals surface area contributed by atoms with Crippen LogP contribution in [0.5, 0.6) is 0 Å². The van der Waals surface area contributed by atoms with Gasteiger partial charge >= 0.3 is 0 Å². The second-order valence-electron chi connectivity index (χ2n) is 2.13. The van der Waals surface area contributed by atoms with Crippen molar-refractivity contribution < 1.29 is 9.52 Å². The zero-order valence-electron chi connectivity index (χ0n) is 6.00. The van der Waals surface area contributed by atoms with Crippen molar-refractivity contribution in [3.05, 3.63) is 17.8 Å². The summed E-state index contributed by atoms with van der Waals surface area (Å²) >= 11 is 0. The van der Waals surface area contributed by atoms with Crippen molar-refractivity contribution in [1.82, 2.24) is 4.98 Å². The van der Waals surface area contributed by atoms with Crippen molar-refractivity contribution in [1.29, 1.82) is 0 Å². The molecule has 0 amide bonds. The van der Waals surface area contributed by atoms with Crippen LogP contribution in [0, 0.1) is 0 Å². The maximum Gasteiger partial charge on any atom is 0.220 e. The zero-order chi connectivity index (χ0) is 7.40. The van der Waals surface area contributed by atoms with Gasteiger partial charge in [-0.3, -0.25) is 0 Å². The second kappa shape index (κ2) is 3.37. The van der Waals surface area contributed by atoms with Crippen LogP contribution < -0.4 is 0 Å². The monoisotopic (exact) mass is 141 g/mol. The van der Waals surface area contributed by atoms with E-state index in [1.807, 2.05) is 0 Å². The Morgan fingerprint density at radius 3 is 3.00 bits per heavy atom. The Morgan fingerprint density at radius 2 is 2.50 bits per heavy atom. The third-order valence-corrected chi connectivity index (χ3v) is 1.23. The molecule has 0 radical (unpaired) electrons. The molecule has 10 heavy (non-hydrogen) atoms. The van der Waals surface area contributed by atoms with Gasteiger partial charge in [0.1, 0.15) is 12.4 Å². The van der Waals surface area contributed by atoms with Gasteiger partial charge in [0.2, 0.25) is 5.89 Å². The Hall–Kier alpha value is -0.830. The van der Waals surface area contributed by atoms with Crippen LogP contribution in [0.15, 0.2) is 10.6 Å². The normalized spacial score (nSPS) is 10.2. The topological polar surface area (TPSA) is 46.3 Å². The van der Waals surface area contributed by atoms with Crippen LogP contribution in [0.3, 0.4) is 0 Å². The molecule has 1 heterocycles. The van der Waals surface area contributed by atoms with E-state index in [-0.39, 0.29) is 6.61 Å². The first kappa shape index (κ1) is 7.28. The summed E-state index contributed by atoms with van der Waals surface area (Å²) in [6.07, 6.45) is 3.60. The van der Waals surface area contributed by atoms with Crippen LogP contribution >= 0.6 is 0 Å². The molecule has 0 aromatic carbocycles. The number of aliphatic hydroxyl groups excluding tert-OH is 1. The first-order chi connectivity index (χ1) is 4.86. The van der Waals surface area contributed by atoms with Gasteiger partial charge in [0.05, 0.1) is 6.20 Å². The predicted octanol–water partition coefficient (Wildman–Crippen LogP) is 1.12. The highest BCUT2D eigenvalue weighted by Crippen LogP contribution is 2.05. The molecule has 1 aromatic heterocycles. The number of aromatic nitrogens is 1. The van der Waals surface area contributed by atoms with Gasteiger partial charge in [-0.05, 0) is 6.42 Å². The minimum absolute atomic E-state index is 0.107. The Balaban J connectivity index is 2.59. The van der Waals surface area contributed by atoms with Gasteiger partial charge in [-0.15, -0.1) is 0 Å². The van der Waals surface area contributed by atoms with E-state index in [9.17, 15) is 0 Å². The maximum atomic E-state index is 8.56. The number of aryl methyl sites for hydroxylation is 1. The highest BCUT2D eigenvalue weighted by atomic mass is 16.4. The van der Waals surface area contributed by atoms with E-state index in [0.29, 0.717) is 5.89 Å². The largest absolute Gasteiger partial charge is 0.443 e. The molecule has 0 fully saturated rings. The fraction of sp³-hybridized carbons (Fsp3) is 0.571. The molecule has 0 atom stereocenters. The molecule has 0 bridgehead atoms. The number of aliphatic hydroxyl groups is 1. The minimum Gasteiger partial charge on any atom is -0.443 e. The van der Waals surface area contributed by atoms with E-state index in [2.05, 4.69) is 11.9 Å². The highest BCUT2D eigenvalue weighted by molar-refractivity contribution is 4.92. The van der Waals surface area contributed by atoms with Gasteiger partial charge < -0.3 is 9.52 Å². The van der Waals surface area contributed by atoms with Crippen molar-refractivity contribution >= 4 is 0 Å². The Kier molecular flexibility index (Phi) is 2.45. The standard InChI is InChI=1S/C7H11NO2/c1-2-3-6-4-8-7(5-9)10-6/h4,9H,2-3,5H2,1H3. The number of hydrogen-bond donors (Lipinski definition) is 1. The number of rotatable bonds is 3. The highest BCUT2D eigenvalue weighted by Gasteiger charge is 1.99. The first-order valence-corrected chi connectivity index (χ1v) is 3.41. The summed E-state index contributed by atoms with van der Waals surface area (Å²) < 4.78 is 5.11. The van der Waals surface area contributed by atoms with E-state index < -0.39 is 0 Å². The molecule has 3 heteroatoms. The van der Waals surface area contributed by atoms with E-state index in [1.54, 1.807) is 6.20 Å². The lowest BCUT2D eigenvalue weighted by Crippen LogP contribution is -1.79. The molecule has 0 aliphatic heterocycles. The summed E-state index contributed by atoms with van der Waals surface area (Å²) in [6, 6.07) is 0. The van der Waals surface area contributed by atoms with E-state index in [1.165, 1.54) is 0 Å². The summed E-state index contributed by atoms with van der Waals surface area (Å²) in [6.45, 7) is 1.96. The van der Waals surface area contributed by atoms with Crippen LogP contribution in [0.1, 0.15) is 25.0 Å². The van der Waals surface area contributed by atoms with E-state index in [0.717, 1.165) is 18.6 Å². The SMILES string of the molecule is CCCc1cnc(CO)o1. The van der Waals surface area contributed by atoms with Crippen molar-refractivity contribution in [2.24, 2.45) is 0 Å². The lowest BCUT2D eigenvalue weighted by atomic mass is 10.3. The summed E-state index contributed by atoms with van der Waals surface area (Å²) in [5.74, 6) is 1.26. The van der Waals surface area contributed by atoms with Crippen molar-refractivity contribution in [2.75, 3.05) is 0 Å². The van der Waals surface area contributed by atoms with E-state index >= 15 is 0 Å². The number of nitrogens with zero attached hydrogens (tertiary/aromatic N) is 1. The third kappa shape index (κ3) is 1.57. The Morgan fingerprint density at radius 1 is 1.70 bits per heavy atom. The Bertz CT molecular complexity index is 195. The average Bonchev–Trinajstić information content (AvgIpc) is 2.37. The fourth-order valence-corrected chi connectivity index (χ4v) is 0.783. The quantitative estimate of drug-likeness (QED) is 0.686. The molecule has 1 aromatic rings. The smallest absolute Gasteiger partial charge is 0.220 e. The lowest BCUT2D eigenvalue weighted by Gasteiger charge is -1.87. The molecular weight excluding hydrogens is 130 g/mol. The van der Waals surface area contributed by atoms with Gasteiger partial charge in [0, 0.05) is 6.42 Å². The van der Waals surface area contributed by atoms with E-state index in [4.69, 9.17) is 9.52 Å². The summed E-state index contributed by atoms with van der Waals surface area (Å²) in [5.41, 5.74) is 0. The molecule has 0 unspecified atom stereocenters. The van der Waals surface area contributed by atoms with Gasteiger partial charge in [-0.2, -0.15) is 0 Å². The number of oxazole rings is 1. The van der Waals surface area contributed by atoms with Crippen molar-refractivity contribution in [3.8, 4) is 0 Å². The van der Waals surface area contributed by atoms with Crippen molar-refractivity contribution in [2.45, 2.75) is 26.4 Å². The lowest BCUT2D eigenvalue weighted by molar-refractivity contribution is 0.236. The molecule has 0 saturated heterocycles. The summed E-state index contributed by atoms with van der Waals surface area (Å²) in [5, 5.41) is 8.56. The molecule has 3 nitrogen and oxygen atoms in total. The molecule has 0 aliphatic carbocycles. The Labute approximate surface area is 59.7 Å². The molecule has 56 valence electrons. The molecule has 1 N–H and O–H groups in total. The maximum absolute atomic E-state index is 8.56. The minimum atomic E-state index is -0.107. The van der Waals surface area contributed by atoms with Gasteiger partial charge in [-0.25, -0.2) is 4.98 Å². The third-order valence-electron chi connectivity index (χ3n) is 1.23. The van der Waals surface area contributed by atoms with Gasteiger partial charge in [0.15, 0.2) is 0 Å². The van der Waals surface area contributed by atoms with Crippen molar-refractivity contribution in [3.63, 3.8) is 0 Å². The van der Waals surface area contributed by atoms with Crippen LogP contribution in [0.2, 0.25) is 0 Å². The van der Waals surface area contributed by atoms with Crippen LogP contribution in [0.25, 0.3) is 0 Å². The second-order valence-corrected chi connectivity index (χ2v) is 2.13. The molecule has 0 saturated carbocycles. The van der Waals surface area contributed by atoms with Crippen LogP contribution in [-0.4, -0.2) is 10.1 Å². The van der Waals surface area contributed by atoms with Gasteiger partial charge in [-0.1, -0.05) is 6.92 Å². The zero-order valence-corrected chi connectivity index (χ0v) is 6.00. The predicted molar refractivity (Wildman–Crippen MR) is 36.4 cm³/mol. The first-order valence-electron chi connectivity index (χ1n) is 3.41. The summed E-state index contributed by atoms with van der Waals surface area (Å²) in [7, 11) is 0. The molecule has 0 aliphatic rings. The van der Waals surface area contributed by atoms with Crippen LogP contribution in [0.4, 0.5) is 0 Å². The molecule has 1 rings (SSSR count). The average molecular weight is 141 g/mol. The molecule has 0 spiro atoms. The molecular formula is C7H11NO2.